The lowest BCUT2D eigenvalue weighted by Crippen LogP contribution is -2.28. The Morgan fingerprint density at radius 3 is 2.67 bits per heavy atom. The highest BCUT2D eigenvalue weighted by Crippen LogP contribution is 2.18. The molecule has 0 fully saturated rings. The molecule has 152 valence electrons. The van der Waals surface area contributed by atoms with Crippen molar-refractivity contribution in [2.45, 2.75) is 18.1 Å². The molecule has 0 aliphatic heterocycles. The highest BCUT2D eigenvalue weighted by molar-refractivity contribution is 7.99. The summed E-state index contributed by atoms with van der Waals surface area (Å²) in [5.74, 6) is -0.483. The summed E-state index contributed by atoms with van der Waals surface area (Å²) in [7, 11) is 0. The first-order valence-corrected chi connectivity index (χ1v) is 10.2. The molecule has 1 atom stereocenters. The maximum atomic E-state index is 13.0. The number of amides is 1. The van der Waals surface area contributed by atoms with E-state index in [0.29, 0.717) is 16.2 Å². The van der Waals surface area contributed by atoms with Crippen LogP contribution >= 0.6 is 11.8 Å². The topological polar surface area (TPSA) is 92.7 Å². The number of nitrogens with zero attached hydrogens (tertiary/aromatic N) is 3. The number of aromatic amines is 1. The Labute approximate surface area is 175 Å². The number of hydrogen-bond acceptors (Lipinski definition) is 5. The van der Waals surface area contributed by atoms with E-state index in [1.807, 2.05) is 37.3 Å². The second kappa shape index (κ2) is 8.50. The van der Waals surface area contributed by atoms with Crippen molar-refractivity contribution in [2.75, 3.05) is 5.75 Å². The molecule has 2 heterocycles. The number of fused-ring (bicyclic) bond motifs is 1. The predicted octanol–water partition coefficient (Wildman–Crippen LogP) is 3.22. The molecule has 0 spiro atoms. The zero-order chi connectivity index (χ0) is 21.1. The van der Waals surface area contributed by atoms with Crippen molar-refractivity contribution >= 4 is 28.7 Å². The lowest BCUT2D eigenvalue weighted by atomic mass is 10.1. The Morgan fingerprint density at radius 2 is 1.93 bits per heavy atom. The fourth-order valence-electron chi connectivity index (χ4n) is 2.98. The number of nitrogens with one attached hydrogen (secondary N) is 2. The summed E-state index contributed by atoms with van der Waals surface area (Å²) in [4.78, 5) is 31.9. The average Bonchev–Trinajstić information content (AvgIpc) is 3.18. The van der Waals surface area contributed by atoms with E-state index in [-0.39, 0.29) is 29.1 Å². The predicted molar refractivity (Wildman–Crippen MR) is 113 cm³/mol. The smallest absolute Gasteiger partial charge is 0.262 e. The second-order valence-corrected chi connectivity index (χ2v) is 7.59. The van der Waals surface area contributed by atoms with E-state index in [2.05, 4.69) is 20.4 Å². The molecule has 2 N–H and O–H groups in total. The van der Waals surface area contributed by atoms with E-state index < -0.39 is 0 Å². The number of carbonyl (C=O) groups is 1. The Bertz CT molecular complexity index is 1240. The van der Waals surface area contributed by atoms with E-state index in [1.165, 1.54) is 18.3 Å². The molecular weight excluding hydrogens is 405 g/mol. The number of benzene rings is 2. The number of halogens is 1. The number of carbonyl (C=O) groups excluding carboxylic acids is 1. The minimum absolute atomic E-state index is 0.0689. The highest BCUT2D eigenvalue weighted by Gasteiger charge is 2.14. The molecule has 2 aromatic heterocycles. The van der Waals surface area contributed by atoms with Crippen molar-refractivity contribution in [1.82, 2.24) is 25.1 Å². The maximum absolute atomic E-state index is 13.0. The van der Waals surface area contributed by atoms with Gasteiger partial charge in [-0.25, -0.2) is 14.1 Å². The zero-order valence-corrected chi connectivity index (χ0v) is 16.8. The van der Waals surface area contributed by atoms with Crippen molar-refractivity contribution in [3.05, 3.63) is 82.5 Å². The van der Waals surface area contributed by atoms with Crippen LogP contribution in [0.3, 0.4) is 0 Å². The third-order valence-corrected chi connectivity index (χ3v) is 5.38. The fraction of sp³-hybridized carbons (Fsp3) is 0.143. The molecule has 2 aromatic carbocycles. The number of aromatic nitrogens is 4. The molecule has 1 unspecified atom stereocenters. The summed E-state index contributed by atoms with van der Waals surface area (Å²) in [6.07, 6.45) is 1.47. The third kappa shape index (κ3) is 4.25. The largest absolute Gasteiger partial charge is 0.349 e. The van der Waals surface area contributed by atoms with Gasteiger partial charge in [0.2, 0.25) is 5.91 Å². The zero-order valence-electron chi connectivity index (χ0n) is 16.0. The van der Waals surface area contributed by atoms with Crippen LogP contribution in [-0.4, -0.2) is 31.4 Å². The summed E-state index contributed by atoms with van der Waals surface area (Å²) in [6, 6.07) is 15.1. The summed E-state index contributed by atoms with van der Waals surface area (Å²) >= 11 is 1.12. The number of hydrogen-bond donors (Lipinski definition) is 2. The molecule has 1 amide bonds. The number of H-pyrrole nitrogens is 1. The normalized spacial score (nSPS) is 12.1. The first-order valence-electron chi connectivity index (χ1n) is 9.22. The molecule has 4 aromatic rings. The Hall–Kier alpha value is -3.46. The summed E-state index contributed by atoms with van der Waals surface area (Å²) in [5.41, 5.74) is 1.69. The van der Waals surface area contributed by atoms with Gasteiger partial charge in [0.1, 0.15) is 11.2 Å². The molecule has 0 aliphatic rings. The van der Waals surface area contributed by atoms with Crippen LogP contribution in [0.15, 0.2) is 70.7 Å². The molecule has 7 nitrogen and oxygen atoms in total. The van der Waals surface area contributed by atoms with Gasteiger partial charge in [0.25, 0.3) is 5.56 Å². The van der Waals surface area contributed by atoms with Gasteiger partial charge in [0.05, 0.1) is 23.7 Å². The molecule has 30 heavy (non-hydrogen) atoms. The molecule has 0 saturated carbocycles. The van der Waals surface area contributed by atoms with Gasteiger partial charge in [-0.2, -0.15) is 5.10 Å². The summed E-state index contributed by atoms with van der Waals surface area (Å²) in [6.45, 7) is 1.82. The average molecular weight is 423 g/mol. The Morgan fingerprint density at radius 1 is 1.20 bits per heavy atom. The van der Waals surface area contributed by atoms with Gasteiger partial charge >= 0.3 is 0 Å². The molecule has 0 saturated heterocycles. The van der Waals surface area contributed by atoms with Crippen LogP contribution in [0.25, 0.3) is 16.7 Å². The minimum Gasteiger partial charge on any atom is -0.349 e. The lowest BCUT2D eigenvalue weighted by Gasteiger charge is -2.14. The molecule has 0 bridgehead atoms. The van der Waals surface area contributed by atoms with Crippen molar-refractivity contribution in [1.29, 1.82) is 0 Å². The van der Waals surface area contributed by atoms with Crippen LogP contribution in [0.2, 0.25) is 0 Å². The molecule has 0 radical (unpaired) electrons. The van der Waals surface area contributed by atoms with E-state index in [9.17, 15) is 14.0 Å². The van der Waals surface area contributed by atoms with Crippen LogP contribution in [0.5, 0.6) is 0 Å². The van der Waals surface area contributed by atoms with E-state index in [1.54, 1.807) is 16.8 Å². The van der Waals surface area contributed by atoms with E-state index in [0.717, 1.165) is 23.0 Å². The first-order chi connectivity index (χ1) is 14.5. The number of thioether (sulfide) groups is 1. The van der Waals surface area contributed by atoms with Crippen LogP contribution in [0, 0.1) is 5.82 Å². The number of rotatable bonds is 6. The standard InChI is InChI=1S/C21H18FN5O2S/c1-13(14-7-9-15(22)10-8-14)24-18(28)12-30-21-25-19-17(20(29)26-21)11-23-27(19)16-5-3-2-4-6-16/h2-11,13H,12H2,1H3,(H,24,28)(H,25,26,29). The molecule has 0 aliphatic carbocycles. The summed E-state index contributed by atoms with van der Waals surface area (Å²) in [5, 5.41) is 7.81. The van der Waals surface area contributed by atoms with Crippen molar-refractivity contribution in [2.24, 2.45) is 0 Å². The molecule has 4 rings (SSSR count). The Kier molecular flexibility index (Phi) is 5.62. The van der Waals surface area contributed by atoms with Crippen LogP contribution in [0.4, 0.5) is 4.39 Å². The van der Waals surface area contributed by atoms with Gasteiger partial charge in [-0.1, -0.05) is 42.1 Å². The second-order valence-electron chi connectivity index (χ2n) is 6.63. The minimum atomic E-state index is -0.326. The molecular formula is C21H18FN5O2S. The van der Waals surface area contributed by atoms with Gasteiger partial charge in [0.15, 0.2) is 10.8 Å². The maximum Gasteiger partial charge on any atom is 0.262 e. The van der Waals surface area contributed by atoms with Gasteiger partial charge in [0, 0.05) is 0 Å². The third-order valence-electron chi connectivity index (χ3n) is 4.50. The van der Waals surface area contributed by atoms with Gasteiger partial charge < -0.3 is 10.3 Å². The van der Waals surface area contributed by atoms with E-state index >= 15 is 0 Å². The van der Waals surface area contributed by atoms with Gasteiger partial charge in [-0.15, -0.1) is 0 Å². The van der Waals surface area contributed by atoms with Gasteiger partial charge in [-0.3, -0.25) is 9.59 Å². The SMILES string of the molecule is CC(NC(=O)CSc1nc2c(cnn2-c2ccccc2)c(=O)[nH]1)c1ccc(F)cc1. The monoisotopic (exact) mass is 423 g/mol. The van der Waals surface area contributed by atoms with Crippen LogP contribution in [-0.2, 0) is 4.79 Å². The van der Waals surface area contributed by atoms with Crippen LogP contribution < -0.4 is 10.9 Å². The van der Waals surface area contributed by atoms with Crippen molar-refractivity contribution in [3.8, 4) is 5.69 Å². The molecule has 9 heteroatoms. The highest BCUT2D eigenvalue weighted by atomic mass is 32.2. The quantitative estimate of drug-likeness (QED) is 0.367. The number of para-hydroxylation sites is 1. The lowest BCUT2D eigenvalue weighted by molar-refractivity contribution is -0.119. The van der Waals surface area contributed by atoms with E-state index in [4.69, 9.17) is 0 Å². The van der Waals surface area contributed by atoms with Crippen molar-refractivity contribution in [3.63, 3.8) is 0 Å². The van der Waals surface area contributed by atoms with Crippen molar-refractivity contribution < 1.29 is 9.18 Å². The Balaban J connectivity index is 1.48. The summed E-state index contributed by atoms with van der Waals surface area (Å²) < 4.78 is 14.6. The first kappa shape index (κ1) is 19.8. The van der Waals surface area contributed by atoms with Crippen LogP contribution in [0.1, 0.15) is 18.5 Å². The van der Waals surface area contributed by atoms with Gasteiger partial charge in [-0.05, 0) is 36.8 Å². The fourth-order valence-corrected chi connectivity index (χ4v) is 3.64.